The molecule has 4 nitrogen and oxygen atoms in total. The molecule has 0 N–H and O–H groups in total. The van der Waals surface area contributed by atoms with Gasteiger partial charge in [0.2, 0.25) is 0 Å². The van der Waals surface area contributed by atoms with Crippen LogP contribution in [0.1, 0.15) is 28.9 Å². The van der Waals surface area contributed by atoms with Crippen molar-refractivity contribution in [2.75, 3.05) is 13.2 Å². The maximum absolute atomic E-state index is 12.6. The fourth-order valence-electron chi connectivity index (χ4n) is 2.67. The summed E-state index contributed by atoms with van der Waals surface area (Å²) in [6.45, 7) is 3.24. The van der Waals surface area contributed by atoms with Crippen LogP contribution in [0.15, 0.2) is 3.79 Å². The van der Waals surface area contributed by atoms with Crippen LogP contribution in [0.2, 0.25) is 0 Å². The van der Waals surface area contributed by atoms with E-state index in [9.17, 15) is 4.79 Å². The zero-order valence-electron chi connectivity index (χ0n) is 9.48. The van der Waals surface area contributed by atoms with Crippen LogP contribution in [0.4, 0.5) is 0 Å². The van der Waals surface area contributed by atoms with Crippen LogP contribution < -0.4 is 0 Å². The molecule has 2 aliphatic heterocycles. The quantitative estimate of drug-likeness (QED) is 0.798. The zero-order valence-corrected chi connectivity index (χ0v) is 11.9. The third-order valence-corrected chi connectivity index (χ3v) is 5.07. The molecule has 92 valence electrons. The Morgan fingerprint density at radius 2 is 2.12 bits per heavy atom. The van der Waals surface area contributed by atoms with Gasteiger partial charge in [0.05, 0.1) is 36.6 Å². The van der Waals surface area contributed by atoms with Crippen molar-refractivity contribution in [1.29, 1.82) is 0 Å². The number of nitrogens with zero attached hydrogens (tertiary/aromatic N) is 2. The molecule has 2 unspecified atom stereocenters. The molecule has 1 amide bonds. The van der Waals surface area contributed by atoms with Crippen molar-refractivity contribution in [2.45, 2.75) is 31.8 Å². The van der Waals surface area contributed by atoms with E-state index in [0.29, 0.717) is 13.2 Å². The molecule has 17 heavy (non-hydrogen) atoms. The zero-order chi connectivity index (χ0) is 12.0. The number of aryl methyl sites for hydroxylation is 1. The first-order valence-electron chi connectivity index (χ1n) is 5.70. The number of ether oxygens (including phenoxy) is 1. The van der Waals surface area contributed by atoms with Gasteiger partial charge in [0.15, 0.2) is 0 Å². The van der Waals surface area contributed by atoms with Gasteiger partial charge in [0, 0.05) is 0 Å². The van der Waals surface area contributed by atoms with Crippen molar-refractivity contribution in [3.05, 3.63) is 15.0 Å². The molecule has 3 rings (SSSR count). The summed E-state index contributed by atoms with van der Waals surface area (Å²) in [6.07, 6.45) is 2.12. The Morgan fingerprint density at radius 1 is 1.47 bits per heavy atom. The molecule has 2 bridgehead atoms. The SMILES string of the molecule is Cc1nsc(Br)c1C(=O)N1C2CCC1COC2. The van der Waals surface area contributed by atoms with E-state index in [2.05, 4.69) is 20.3 Å². The Balaban J connectivity index is 1.92. The molecule has 0 spiro atoms. The minimum Gasteiger partial charge on any atom is -0.377 e. The molecule has 1 aromatic rings. The van der Waals surface area contributed by atoms with Gasteiger partial charge in [-0.15, -0.1) is 0 Å². The molecule has 0 radical (unpaired) electrons. The average Bonchev–Trinajstić information content (AvgIpc) is 2.76. The fourth-order valence-corrected chi connectivity index (χ4v) is 3.98. The highest BCUT2D eigenvalue weighted by molar-refractivity contribution is 9.11. The Bertz CT molecular complexity index is 427. The van der Waals surface area contributed by atoms with Crippen molar-refractivity contribution >= 4 is 33.4 Å². The van der Waals surface area contributed by atoms with Crippen LogP contribution in [0, 0.1) is 6.92 Å². The predicted octanol–water partition coefficient (Wildman–Crippen LogP) is 2.22. The smallest absolute Gasteiger partial charge is 0.258 e. The summed E-state index contributed by atoms with van der Waals surface area (Å²) in [5.74, 6) is 0.110. The summed E-state index contributed by atoms with van der Waals surface area (Å²) in [6, 6.07) is 0.514. The summed E-state index contributed by atoms with van der Waals surface area (Å²) in [5.41, 5.74) is 1.55. The molecule has 2 fully saturated rings. The van der Waals surface area contributed by atoms with Crippen LogP contribution in [0.3, 0.4) is 0 Å². The first-order valence-corrected chi connectivity index (χ1v) is 7.27. The van der Waals surface area contributed by atoms with Crippen molar-refractivity contribution in [2.24, 2.45) is 0 Å². The van der Waals surface area contributed by atoms with E-state index in [1.165, 1.54) is 11.5 Å². The number of fused-ring (bicyclic) bond motifs is 2. The van der Waals surface area contributed by atoms with Gasteiger partial charge in [-0.3, -0.25) is 4.79 Å². The predicted molar refractivity (Wildman–Crippen MR) is 68.3 cm³/mol. The van der Waals surface area contributed by atoms with Crippen LogP contribution in [-0.2, 0) is 4.74 Å². The lowest BCUT2D eigenvalue weighted by molar-refractivity contribution is -0.00722. The molecular formula is C11H13BrN2O2S. The summed E-state index contributed by atoms with van der Waals surface area (Å²) in [4.78, 5) is 14.6. The average molecular weight is 317 g/mol. The minimum atomic E-state index is 0.110. The second kappa shape index (κ2) is 4.33. The molecular weight excluding hydrogens is 304 g/mol. The summed E-state index contributed by atoms with van der Waals surface area (Å²) < 4.78 is 10.6. The summed E-state index contributed by atoms with van der Waals surface area (Å²) in [5, 5.41) is 0. The number of hydrogen-bond donors (Lipinski definition) is 0. The van der Waals surface area contributed by atoms with Gasteiger partial charge in [-0.25, -0.2) is 0 Å². The number of rotatable bonds is 1. The lowest BCUT2D eigenvalue weighted by Crippen LogP contribution is -2.49. The molecule has 2 atom stereocenters. The van der Waals surface area contributed by atoms with Crippen LogP contribution >= 0.6 is 27.5 Å². The first kappa shape index (κ1) is 11.6. The number of amides is 1. The highest BCUT2D eigenvalue weighted by Gasteiger charge is 2.41. The minimum absolute atomic E-state index is 0.110. The second-order valence-electron chi connectivity index (χ2n) is 4.55. The van der Waals surface area contributed by atoms with Gasteiger partial charge in [0.1, 0.15) is 3.79 Å². The van der Waals surface area contributed by atoms with E-state index in [1.54, 1.807) is 0 Å². The van der Waals surface area contributed by atoms with E-state index < -0.39 is 0 Å². The van der Waals surface area contributed by atoms with Crippen molar-refractivity contribution in [1.82, 2.24) is 9.27 Å². The van der Waals surface area contributed by atoms with Gasteiger partial charge in [0.25, 0.3) is 5.91 Å². The van der Waals surface area contributed by atoms with Crippen molar-refractivity contribution < 1.29 is 9.53 Å². The molecule has 1 aromatic heterocycles. The Hall–Kier alpha value is -0.460. The number of carbonyl (C=O) groups excluding carboxylic acids is 1. The van der Waals surface area contributed by atoms with Gasteiger partial charge >= 0.3 is 0 Å². The number of morpholine rings is 1. The molecule has 0 aromatic carbocycles. The molecule has 6 heteroatoms. The first-order chi connectivity index (χ1) is 8.18. The summed E-state index contributed by atoms with van der Waals surface area (Å²) in [7, 11) is 0. The molecule has 2 aliphatic rings. The maximum atomic E-state index is 12.6. The number of carbonyl (C=O) groups is 1. The van der Waals surface area contributed by atoms with E-state index in [-0.39, 0.29) is 18.0 Å². The van der Waals surface area contributed by atoms with Gasteiger partial charge < -0.3 is 9.64 Å². The topological polar surface area (TPSA) is 42.4 Å². The van der Waals surface area contributed by atoms with E-state index in [1.807, 2.05) is 11.8 Å². The molecule has 2 saturated heterocycles. The second-order valence-corrected chi connectivity index (χ2v) is 6.64. The van der Waals surface area contributed by atoms with Gasteiger partial charge in [-0.2, -0.15) is 4.37 Å². The highest BCUT2D eigenvalue weighted by Crippen LogP contribution is 2.33. The normalized spacial score (nSPS) is 27.5. The van der Waals surface area contributed by atoms with Crippen LogP contribution in [0.25, 0.3) is 0 Å². The van der Waals surface area contributed by atoms with Gasteiger partial charge in [-0.05, 0) is 47.2 Å². The van der Waals surface area contributed by atoms with E-state index in [0.717, 1.165) is 27.9 Å². The lowest BCUT2D eigenvalue weighted by Gasteiger charge is -2.34. The number of halogens is 1. The van der Waals surface area contributed by atoms with E-state index >= 15 is 0 Å². The third kappa shape index (κ3) is 1.82. The number of hydrogen-bond acceptors (Lipinski definition) is 4. The van der Waals surface area contributed by atoms with Gasteiger partial charge in [-0.1, -0.05) is 0 Å². The fraction of sp³-hybridized carbons (Fsp3) is 0.636. The van der Waals surface area contributed by atoms with Crippen LogP contribution in [-0.4, -0.2) is 40.5 Å². The standard InChI is InChI=1S/C11H13BrN2O2S/c1-6-9(10(12)17-13-6)11(15)14-7-2-3-8(14)5-16-4-7/h7-8H,2-5H2,1H3. The Morgan fingerprint density at radius 3 is 2.65 bits per heavy atom. The lowest BCUT2D eigenvalue weighted by atomic mass is 10.2. The van der Waals surface area contributed by atoms with E-state index in [4.69, 9.17) is 4.74 Å². The number of aromatic nitrogens is 1. The monoisotopic (exact) mass is 316 g/mol. The summed E-state index contributed by atoms with van der Waals surface area (Å²) >= 11 is 4.76. The molecule has 3 heterocycles. The largest absolute Gasteiger partial charge is 0.377 e. The van der Waals surface area contributed by atoms with Crippen molar-refractivity contribution in [3.8, 4) is 0 Å². The Labute approximate surface area is 112 Å². The highest BCUT2D eigenvalue weighted by atomic mass is 79.9. The Kier molecular flexibility index (Phi) is 2.96. The third-order valence-electron chi connectivity index (χ3n) is 3.51. The molecule has 0 saturated carbocycles. The maximum Gasteiger partial charge on any atom is 0.258 e. The van der Waals surface area contributed by atoms with Crippen LogP contribution in [0.5, 0.6) is 0 Å². The molecule has 0 aliphatic carbocycles. The van der Waals surface area contributed by atoms with Crippen molar-refractivity contribution in [3.63, 3.8) is 0 Å².